The molecular formula is C16H16FNO2S. The lowest BCUT2D eigenvalue weighted by Gasteiger charge is -2.24. The van der Waals surface area contributed by atoms with Crippen molar-refractivity contribution in [1.29, 1.82) is 0 Å². The van der Waals surface area contributed by atoms with E-state index in [0.717, 1.165) is 24.5 Å². The maximum absolute atomic E-state index is 13.3. The standard InChI is InChI=1S/C16H16FNO2S/c1-18(16-10-9-12-5-2-3-8-15(12)16)21(19,20)14-7-4-6-13(17)11-14/h2-8,11,16H,9-10H2,1H3. The van der Waals surface area contributed by atoms with Gasteiger partial charge < -0.3 is 0 Å². The van der Waals surface area contributed by atoms with Crippen LogP contribution in [0.4, 0.5) is 4.39 Å². The number of halogens is 1. The van der Waals surface area contributed by atoms with Crippen molar-refractivity contribution in [2.45, 2.75) is 23.8 Å². The molecule has 21 heavy (non-hydrogen) atoms. The number of hydrogen-bond donors (Lipinski definition) is 0. The maximum Gasteiger partial charge on any atom is 0.243 e. The van der Waals surface area contributed by atoms with Gasteiger partial charge in [-0.05, 0) is 42.2 Å². The fraction of sp³-hybridized carbons (Fsp3) is 0.250. The minimum atomic E-state index is -3.69. The largest absolute Gasteiger partial charge is 0.243 e. The van der Waals surface area contributed by atoms with Crippen LogP contribution in [0.2, 0.25) is 0 Å². The van der Waals surface area contributed by atoms with Gasteiger partial charge in [0.15, 0.2) is 0 Å². The predicted molar refractivity (Wildman–Crippen MR) is 78.9 cm³/mol. The van der Waals surface area contributed by atoms with Crippen LogP contribution >= 0.6 is 0 Å². The molecule has 3 rings (SSSR count). The summed E-state index contributed by atoms with van der Waals surface area (Å²) >= 11 is 0. The number of rotatable bonds is 3. The SMILES string of the molecule is CN(C1CCc2ccccc21)S(=O)(=O)c1cccc(F)c1. The van der Waals surface area contributed by atoms with Crippen LogP contribution < -0.4 is 0 Å². The van der Waals surface area contributed by atoms with E-state index in [0.29, 0.717) is 0 Å². The minimum absolute atomic E-state index is 0.00520. The van der Waals surface area contributed by atoms with Crippen molar-refractivity contribution in [3.63, 3.8) is 0 Å². The molecule has 0 amide bonds. The molecule has 0 spiro atoms. The zero-order valence-electron chi connectivity index (χ0n) is 11.7. The summed E-state index contributed by atoms with van der Waals surface area (Å²) in [4.78, 5) is -0.00520. The number of nitrogens with zero attached hydrogens (tertiary/aromatic N) is 1. The molecule has 0 aromatic heterocycles. The molecule has 1 atom stereocenters. The van der Waals surface area contributed by atoms with Crippen molar-refractivity contribution in [1.82, 2.24) is 4.31 Å². The molecular weight excluding hydrogens is 289 g/mol. The summed E-state index contributed by atoms with van der Waals surface area (Å²) in [5, 5.41) is 0. The molecule has 110 valence electrons. The molecule has 0 radical (unpaired) electrons. The first-order valence-electron chi connectivity index (χ1n) is 6.81. The minimum Gasteiger partial charge on any atom is -0.207 e. The molecule has 5 heteroatoms. The zero-order chi connectivity index (χ0) is 15.0. The Hall–Kier alpha value is -1.72. The summed E-state index contributed by atoms with van der Waals surface area (Å²) in [6.07, 6.45) is 1.62. The van der Waals surface area contributed by atoms with E-state index in [4.69, 9.17) is 0 Å². The van der Waals surface area contributed by atoms with E-state index in [1.807, 2.05) is 24.3 Å². The molecule has 0 N–H and O–H groups in total. The summed E-state index contributed by atoms with van der Waals surface area (Å²) in [7, 11) is -2.13. The number of benzene rings is 2. The third kappa shape index (κ3) is 2.47. The van der Waals surface area contributed by atoms with E-state index in [9.17, 15) is 12.8 Å². The molecule has 0 saturated carbocycles. The van der Waals surface area contributed by atoms with Crippen molar-refractivity contribution >= 4 is 10.0 Å². The Morgan fingerprint density at radius 1 is 1.14 bits per heavy atom. The first-order chi connectivity index (χ1) is 10.00. The van der Waals surface area contributed by atoms with Gasteiger partial charge in [0.05, 0.1) is 10.9 Å². The lowest BCUT2D eigenvalue weighted by Crippen LogP contribution is -2.30. The summed E-state index contributed by atoms with van der Waals surface area (Å²) < 4.78 is 39.9. The Morgan fingerprint density at radius 2 is 1.90 bits per heavy atom. The van der Waals surface area contributed by atoms with Crippen molar-refractivity contribution in [3.05, 3.63) is 65.5 Å². The van der Waals surface area contributed by atoms with Gasteiger partial charge in [0.1, 0.15) is 5.82 Å². The predicted octanol–water partition coefficient (Wildman–Crippen LogP) is 3.13. The van der Waals surface area contributed by atoms with Crippen LogP contribution in [0, 0.1) is 5.82 Å². The smallest absolute Gasteiger partial charge is 0.207 e. The highest BCUT2D eigenvalue weighted by Gasteiger charge is 2.33. The average molecular weight is 305 g/mol. The van der Waals surface area contributed by atoms with Crippen LogP contribution in [0.5, 0.6) is 0 Å². The van der Waals surface area contributed by atoms with Gasteiger partial charge >= 0.3 is 0 Å². The molecule has 0 bridgehead atoms. The van der Waals surface area contributed by atoms with Crippen molar-refractivity contribution in [2.24, 2.45) is 0 Å². The van der Waals surface area contributed by atoms with Gasteiger partial charge in [-0.15, -0.1) is 0 Å². The fourth-order valence-corrected chi connectivity index (χ4v) is 4.27. The van der Waals surface area contributed by atoms with Crippen LogP contribution in [0.15, 0.2) is 53.4 Å². The zero-order valence-corrected chi connectivity index (χ0v) is 12.5. The first-order valence-corrected chi connectivity index (χ1v) is 8.25. The number of hydrogen-bond acceptors (Lipinski definition) is 2. The lowest BCUT2D eigenvalue weighted by molar-refractivity contribution is 0.374. The number of sulfonamides is 1. The quantitative estimate of drug-likeness (QED) is 0.873. The van der Waals surface area contributed by atoms with Crippen LogP contribution in [-0.4, -0.2) is 19.8 Å². The molecule has 3 nitrogen and oxygen atoms in total. The topological polar surface area (TPSA) is 37.4 Å². The second kappa shape index (κ2) is 5.24. The van der Waals surface area contributed by atoms with Crippen molar-refractivity contribution in [2.75, 3.05) is 7.05 Å². The van der Waals surface area contributed by atoms with Crippen LogP contribution in [-0.2, 0) is 16.4 Å². The van der Waals surface area contributed by atoms with Gasteiger partial charge in [-0.25, -0.2) is 12.8 Å². The molecule has 1 aliphatic carbocycles. The summed E-state index contributed by atoms with van der Waals surface area (Å²) in [6.45, 7) is 0. The molecule has 0 fully saturated rings. The maximum atomic E-state index is 13.3. The Kier molecular flexibility index (Phi) is 3.55. The Morgan fingerprint density at radius 3 is 2.67 bits per heavy atom. The van der Waals surface area contributed by atoms with Gasteiger partial charge in [-0.3, -0.25) is 0 Å². The first kappa shape index (κ1) is 14.2. The van der Waals surface area contributed by atoms with Gasteiger partial charge in [0, 0.05) is 7.05 Å². The Balaban J connectivity index is 1.97. The second-order valence-electron chi connectivity index (χ2n) is 5.23. The molecule has 1 aliphatic rings. The number of fused-ring (bicyclic) bond motifs is 1. The molecule has 1 unspecified atom stereocenters. The number of aryl methyl sites for hydroxylation is 1. The summed E-state index contributed by atoms with van der Waals surface area (Å²) in [5.41, 5.74) is 2.23. The van der Waals surface area contributed by atoms with Crippen LogP contribution in [0.25, 0.3) is 0 Å². The second-order valence-corrected chi connectivity index (χ2v) is 7.23. The highest BCUT2D eigenvalue weighted by Crippen LogP contribution is 2.37. The highest BCUT2D eigenvalue weighted by molar-refractivity contribution is 7.89. The molecule has 0 saturated heterocycles. The van der Waals surface area contributed by atoms with Crippen LogP contribution in [0.3, 0.4) is 0 Å². The monoisotopic (exact) mass is 305 g/mol. The van der Waals surface area contributed by atoms with Gasteiger partial charge in [0.25, 0.3) is 0 Å². The van der Waals surface area contributed by atoms with Crippen molar-refractivity contribution < 1.29 is 12.8 Å². The molecule has 0 heterocycles. The van der Waals surface area contributed by atoms with Gasteiger partial charge in [0.2, 0.25) is 10.0 Å². The molecule has 2 aromatic rings. The average Bonchev–Trinajstić information content (AvgIpc) is 2.90. The molecule has 2 aromatic carbocycles. The van der Waals surface area contributed by atoms with E-state index in [1.54, 1.807) is 7.05 Å². The fourth-order valence-electron chi connectivity index (χ4n) is 2.87. The summed E-state index contributed by atoms with van der Waals surface area (Å²) in [6, 6.07) is 12.8. The van der Waals surface area contributed by atoms with Crippen molar-refractivity contribution in [3.8, 4) is 0 Å². The normalized spacial score (nSPS) is 18.0. The summed E-state index contributed by atoms with van der Waals surface area (Å²) in [5.74, 6) is -0.545. The van der Waals surface area contributed by atoms with E-state index in [-0.39, 0.29) is 10.9 Å². The third-order valence-electron chi connectivity index (χ3n) is 4.01. The van der Waals surface area contributed by atoms with Gasteiger partial charge in [-0.2, -0.15) is 4.31 Å². The highest BCUT2D eigenvalue weighted by atomic mass is 32.2. The van der Waals surface area contributed by atoms with E-state index in [1.165, 1.54) is 28.1 Å². The van der Waals surface area contributed by atoms with E-state index >= 15 is 0 Å². The van der Waals surface area contributed by atoms with E-state index in [2.05, 4.69) is 0 Å². The van der Waals surface area contributed by atoms with Crippen LogP contribution in [0.1, 0.15) is 23.6 Å². The lowest BCUT2D eigenvalue weighted by atomic mass is 10.1. The third-order valence-corrected chi connectivity index (χ3v) is 5.88. The Bertz CT molecular complexity index is 773. The Labute approximate surface area is 124 Å². The van der Waals surface area contributed by atoms with Gasteiger partial charge in [-0.1, -0.05) is 30.3 Å². The molecule has 0 aliphatic heterocycles. The van der Waals surface area contributed by atoms with E-state index < -0.39 is 15.8 Å².